The van der Waals surface area contributed by atoms with E-state index in [1.165, 1.54) is 17.3 Å². The van der Waals surface area contributed by atoms with E-state index in [4.69, 9.17) is 21.4 Å². The van der Waals surface area contributed by atoms with Crippen molar-refractivity contribution in [2.75, 3.05) is 37.7 Å². The van der Waals surface area contributed by atoms with Crippen LogP contribution in [-0.4, -0.2) is 48.0 Å². The predicted octanol–water partition coefficient (Wildman–Crippen LogP) is 3.56. The number of nitrogens with zero attached hydrogens (tertiary/aromatic N) is 2. The minimum Gasteiger partial charge on any atom is -0.441 e. The second-order valence-corrected chi connectivity index (χ2v) is 8.02. The Labute approximate surface area is 168 Å². The van der Waals surface area contributed by atoms with E-state index in [9.17, 15) is 4.79 Å². The van der Waals surface area contributed by atoms with E-state index >= 15 is 0 Å². The number of amides is 1. The number of carbonyl (C=O) groups is 1. The van der Waals surface area contributed by atoms with Crippen LogP contribution in [0, 0.1) is 0 Å². The van der Waals surface area contributed by atoms with E-state index in [1.54, 1.807) is 11.0 Å². The lowest BCUT2D eigenvalue weighted by atomic mass is 10.1. The Hall–Kier alpha value is -2.09. The molecule has 0 saturated carbocycles. The molecule has 2 aliphatic rings. The average Bonchev–Trinajstić information content (AvgIpc) is 3.27. The number of hydrogen-bond donors (Lipinski definition) is 0. The lowest BCUT2D eigenvalue weighted by Crippen LogP contribution is -2.35. The fourth-order valence-corrected chi connectivity index (χ4v) is 4.37. The summed E-state index contributed by atoms with van der Waals surface area (Å²) in [6.45, 7) is 3.62. The van der Waals surface area contributed by atoms with E-state index in [-0.39, 0.29) is 5.91 Å². The Morgan fingerprint density at radius 2 is 1.89 bits per heavy atom. The molecule has 2 fully saturated rings. The minimum absolute atomic E-state index is 0.0507. The van der Waals surface area contributed by atoms with Gasteiger partial charge in [0.2, 0.25) is 0 Å². The molecule has 0 N–H and O–H groups in total. The van der Waals surface area contributed by atoms with Crippen molar-refractivity contribution in [3.8, 4) is 0 Å². The maximum absolute atomic E-state index is 12.7. The van der Waals surface area contributed by atoms with Crippen LogP contribution in [0.25, 0.3) is 6.08 Å². The van der Waals surface area contributed by atoms with E-state index in [0.29, 0.717) is 34.7 Å². The van der Waals surface area contributed by atoms with Gasteiger partial charge in [0.15, 0.2) is 5.88 Å². The second-order valence-electron chi connectivity index (χ2n) is 6.34. The highest BCUT2D eigenvalue weighted by molar-refractivity contribution is 8.26. The predicted molar refractivity (Wildman–Crippen MR) is 112 cm³/mol. The SMILES string of the molecule is O=C1C(=Cc2ccc(N3CCOCC3)o2)SC(=S)N1CCc1ccccc1. The van der Waals surface area contributed by atoms with Crippen LogP contribution >= 0.6 is 24.0 Å². The maximum Gasteiger partial charge on any atom is 0.266 e. The highest BCUT2D eigenvalue weighted by Crippen LogP contribution is 2.33. The zero-order valence-electron chi connectivity index (χ0n) is 14.8. The first-order valence-corrected chi connectivity index (χ1v) is 10.1. The van der Waals surface area contributed by atoms with Gasteiger partial charge in [-0.05, 0) is 18.1 Å². The number of thioether (sulfide) groups is 1. The van der Waals surface area contributed by atoms with E-state index in [1.807, 2.05) is 30.3 Å². The molecule has 0 bridgehead atoms. The van der Waals surface area contributed by atoms with Gasteiger partial charge < -0.3 is 14.1 Å². The number of carbonyl (C=O) groups excluding carboxylic acids is 1. The van der Waals surface area contributed by atoms with Gasteiger partial charge in [0.05, 0.1) is 18.1 Å². The quantitative estimate of drug-likeness (QED) is 0.565. The zero-order chi connectivity index (χ0) is 18.6. The number of hydrogen-bond acceptors (Lipinski definition) is 6. The topological polar surface area (TPSA) is 45.9 Å². The first-order valence-electron chi connectivity index (χ1n) is 8.92. The van der Waals surface area contributed by atoms with Crippen molar-refractivity contribution >= 4 is 46.2 Å². The summed E-state index contributed by atoms with van der Waals surface area (Å²) >= 11 is 6.74. The fourth-order valence-electron chi connectivity index (χ4n) is 3.08. The van der Waals surface area contributed by atoms with Crippen molar-refractivity contribution in [1.82, 2.24) is 4.90 Å². The molecule has 27 heavy (non-hydrogen) atoms. The number of thiocarbonyl (C=S) groups is 1. The van der Waals surface area contributed by atoms with Crippen LogP contribution < -0.4 is 4.90 Å². The summed E-state index contributed by atoms with van der Waals surface area (Å²) < 4.78 is 11.9. The number of anilines is 1. The third-order valence-electron chi connectivity index (χ3n) is 4.55. The molecule has 3 heterocycles. The molecule has 0 aliphatic carbocycles. The number of furan rings is 1. The van der Waals surface area contributed by atoms with Gasteiger partial charge in [-0.2, -0.15) is 0 Å². The summed E-state index contributed by atoms with van der Waals surface area (Å²) in [5.41, 5.74) is 1.19. The Morgan fingerprint density at radius 3 is 2.67 bits per heavy atom. The Kier molecular flexibility index (Phi) is 5.61. The fraction of sp³-hybridized carbons (Fsp3) is 0.300. The van der Waals surface area contributed by atoms with Gasteiger partial charge in [0, 0.05) is 31.8 Å². The molecule has 1 aromatic heterocycles. The summed E-state index contributed by atoms with van der Waals surface area (Å²) in [5, 5.41) is 0. The third kappa shape index (κ3) is 4.26. The van der Waals surface area contributed by atoms with Crippen LogP contribution in [0.15, 0.2) is 51.8 Å². The van der Waals surface area contributed by atoms with Crippen molar-refractivity contribution in [2.24, 2.45) is 0 Å². The van der Waals surface area contributed by atoms with E-state index in [0.717, 1.165) is 25.4 Å². The Morgan fingerprint density at radius 1 is 1.11 bits per heavy atom. The van der Waals surface area contributed by atoms with Crippen LogP contribution in [0.3, 0.4) is 0 Å². The molecule has 1 amide bonds. The van der Waals surface area contributed by atoms with Crippen LogP contribution in [0.5, 0.6) is 0 Å². The average molecular weight is 401 g/mol. The molecule has 1 aromatic carbocycles. The highest BCUT2D eigenvalue weighted by Gasteiger charge is 2.32. The standard InChI is InChI=1S/C20H20N2O3S2/c23-19-17(14-16-6-7-18(25-16)21-10-12-24-13-11-21)27-20(26)22(19)9-8-15-4-2-1-3-5-15/h1-7,14H,8-13H2. The van der Waals surface area contributed by atoms with Crippen LogP contribution in [0.1, 0.15) is 11.3 Å². The number of rotatable bonds is 5. The van der Waals surface area contributed by atoms with Crippen LogP contribution in [0.4, 0.5) is 5.88 Å². The lowest BCUT2D eigenvalue weighted by Gasteiger charge is -2.26. The number of morpholine rings is 1. The third-order valence-corrected chi connectivity index (χ3v) is 5.93. The normalized spacial score (nSPS) is 19.3. The molecular formula is C20H20N2O3S2. The van der Waals surface area contributed by atoms with Crippen molar-refractivity contribution in [1.29, 1.82) is 0 Å². The minimum atomic E-state index is -0.0507. The van der Waals surface area contributed by atoms with E-state index in [2.05, 4.69) is 17.0 Å². The summed E-state index contributed by atoms with van der Waals surface area (Å²) in [5.74, 6) is 1.43. The van der Waals surface area contributed by atoms with Crippen LogP contribution in [0.2, 0.25) is 0 Å². The maximum atomic E-state index is 12.7. The van der Waals surface area contributed by atoms with Crippen LogP contribution in [-0.2, 0) is 16.0 Å². The van der Waals surface area contributed by atoms with Gasteiger partial charge in [-0.25, -0.2) is 0 Å². The summed E-state index contributed by atoms with van der Waals surface area (Å²) in [6, 6.07) is 13.9. The Balaban J connectivity index is 1.42. The second kappa shape index (κ2) is 8.29. The van der Waals surface area contributed by atoms with Crippen molar-refractivity contribution in [3.63, 3.8) is 0 Å². The Bertz CT molecular complexity index is 857. The lowest BCUT2D eigenvalue weighted by molar-refractivity contribution is -0.122. The van der Waals surface area contributed by atoms with Gasteiger partial charge in [-0.1, -0.05) is 54.3 Å². The first-order chi connectivity index (χ1) is 13.2. The molecule has 2 aromatic rings. The molecule has 0 radical (unpaired) electrons. The molecular weight excluding hydrogens is 380 g/mol. The van der Waals surface area contributed by atoms with Gasteiger partial charge in [0.25, 0.3) is 5.91 Å². The molecule has 4 rings (SSSR count). The summed E-state index contributed by atoms with van der Waals surface area (Å²) in [7, 11) is 0. The van der Waals surface area contributed by atoms with Crippen molar-refractivity contribution in [3.05, 3.63) is 58.7 Å². The molecule has 2 saturated heterocycles. The van der Waals surface area contributed by atoms with E-state index < -0.39 is 0 Å². The molecule has 2 aliphatic heterocycles. The molecule has 5 nitrogen and oxygen atoms in total. The van der Waals surface area contributed by atoms with Gasteiger partial charge in [0.1, 0.15) is 10.1 Å². The van der Waals surface area contributed by atoms with Gasteiger partial charge in [-0.15, -0.1) is 0 Å². The zero-order valence-corrected chi connectivity index (χ0v) is 16.4. The van der Waals surface area contributed by atoms with Gasteiger partial charge >= 0.3 is 0 Å². The highest BCUT2D eigenvalue weighted by atomic mass is 32.2. The van der Waals surface area contributed by atoms with Gasteiger partial charge in [-0.3, -0.25) is 9.69 Å². The molecule has 0 spiro atoms. The molecule has 0 unspecified atom stereocenters. The smallest absolute Gasteiger partial charge is 0.266 e. The number of ether oxygens (including phenoxy) is 1. The molecule has 140 valence electrons. The molecule has 0 atom stereocenters. The largest absolute Gasteiger partial charge is 0.441 e. The summed E-state index contributed by atoms with van der Waals surface area (Å²) in [6.07, 6.45) is 2.56. The number of benzene rings is 1. The monoisotopic (exact) mass is 400 g/mol. The van der Waals surface area contributed by atoms with Crippen molar-refractivity contribution in [2.45, 2.75) is 6.42 Å². The summed E-state index contributed by atoms with van der Waals surface area (Å²) in [4.78, 5) is 17.2. The first kappa shape index (κ1) is 18.3. The molecule has 7 heteroatoms. The van der Waals surface area contributed by atoms with Crippen molar-refractivity contribution < 1.29 is 13.9 Å².